The highest BCUT2D eigenvalue weighted by Crippen LogP contribution is 2.31. The molecule has 0 saturated heterocycles. The van der Waals surface area contributed by atoms with E-state index in [-0.39, 0.29) is 0 Å². The molecule has 0 heterocycles. The van der Waals surface area contributed by atoms with Crippen LogP contribution in [0.25, 0.3) is 0 Å². The summed E-state index contributed by atoms with van der Waals surface area (Å²) >= 11 is 0. The van der Waals surface area contributed by atoms with E-state index >= 15 is 0 Å². The predicted molar refractivity (Wildman–Crippen MR) is 67.0 cm³/mol. The second-order valence-electron chi connectivity index (χ2n) is 4.24. The fourth-order valence-electron chi connectivity index (χ4n) is 2.05. The van der Waals surface area contributed by atoms with Crippen LogP contribution in [0.15, 0.2) is 38.6 Å². The lowest BCUT2D eigenvalue weighted by molar-refractivity contribution is 1.14. The first-order chi connectivity index (χ1) is 6.91. The highest BCUT2D eigenvalue weighted by atomic mass is 14.7. The zero-order valence-electron chi connectivity index (χ0n) is 10.5. The summed E-state index contributed by atoms with van der Waals surface area (Å²) in [6.45, 7) is 10.5. The third-order valence-electron chi connectivity index (χ3n) is 3.06. The molecule has 1 aliphatic rings. The molecule has 0 aromatic rings. The Morgan fingerprint density at radius 3 is 1.93 bits per heavy atom. The van der Waals surface area contributed by atoms with Crippen molar-refractivity contribution in [3.05, 3.63) is 33.6 Å². The largest absolute Gasteiger partial charge is 0.398 e. The van der Waals surface area contributed by atoms with Crippen molar-refractivity contribution in [1.82, 2.24) is 0 Å². The van der Waals surface area contributed by atoms with Gasteiger partial charge in [0, 0.05) is 18.3 Å². The lowest BCUT2D eigenvalue weighted by atomic mass is 9.84. The molecule has 1 rings (SSSR count). The zero-order chi connectivity index (χ0) is 11.7. The van der Waals surface area contributed by atoms with Crippen LogP contribution in [0.2, 0.25) is 0 Å². The molecule has 0 amide bonds. The Labute approximate surface area is 92.3 Å². The van der Waals surface area contributed by atoms with Gasteiger partial charge in [0.25, 0.3) is 0 Å². The second-order valence-corrected chi connectivity index (χ2v) is 4.24. The number of rotatable bonds is 0. The standard InChI is InChI=1S/C13H20N2/c1-7(2)11-8(3)9(4)12(14)10(5)13(11)15-6/h14H2,1-6H3. The van der Waals surface area contributed by atoms with Gasteiger partial charge in [-0.1, -0.05) is 5.57 Å². The van der Waals surface area contributed by atoms with Crippen LogP contribution in [0.5, 0.6) is 0 Å². The van der Waals surface area contributed by atoms with Gasteiger partial charge in [-0.2, -0.15) is 0 Å². The van der Waals surface area contributed by atoms with Crippen LogP contribution in [0.3, 0.4) is 0 Å². The van der Waals surface area contributed by atoms with E-state index in [1.165, 1.54) is 22.3 Å². The average Bonchev–Trinajstić information content (AvgIpc) is 2.19. The molecule has 0 saturated carbocycles. The Morgan fingerprint density at radius 1 is 1.00 bits per heavy atom. The van der Waals surface area contributed by atoms with Crippen molar-refractivity contribution < 1.29 is 0 Å². The summed E-state index contributed by atoms with van der Waals surface area (Å²) in [5.41, 5.74) is 14.0. The summed E-state index contributed by atoms with van der Waals surface area (Å²) in [4.78, 5) is 4.35. The smallest absolute Gasteiger partial charge is 0.0695 e. The molecule has 0 atom stereocenters. The minimum absolute atomic E-state index is 0.873. The lowest BCUT2D eigenvalue weighted by Crippen LogP contribution is -2.20. The molecule has 0 bridgehead atoms. The fraction of sp³-hybridized carbons (Fsp3) is 0.462. The Morgan fingerprint density at radius 2 is 1.53 bits per heavy atom. The first kappa shape index (κ1) is 11.8. The van der Waals surface area contributed by atoms with Crippen molar-refractivity contribution >= 4 is 5.71 Å². The van der Waals surface area contributed by atoms with Crippen LogP contribution in [0, 0.1) is 0 Å². The van der Waals surface area contributed by atoms with Gasteiger partial charge < -0.3 is 5.73 Å². The number of nitrogens with zero attached hydrogens (tertiary/aromatic N) is 1. The predicted octanol–water partition coefficient (Wildman–Crippen LogP) is 2.98. The Kier molecular flexibility index (Phi) is 3.18. The minimum Gasteiger partial charge on any atom is -0.398 e. The first-order valence-electron chi connectivity index (χ1n) is 5.21. The van der Waals surface area contributed by atoms with Crippen LogP contribution in [-0.4, -0.2) is 12.8 Å². The molecule has 0 aromatic heterocycles. The number of allylic oxidation sites excluding steroid dienone is 5. The zero-order valence-corrected chi connectivity index (χ0v) is 10.5. The molecule has 1 aliphatic carbocycles. The molecule has 0 aromatic carbocycles. The lowest BCUT2D eigenvalue weighted by Gasteiger charge is -2.24. The summed E-state index contributed by atoms with van der Waals surface area (Å²) in [6, 6.07) is 0. The van der Waals surface area contributed by atoms with E-state index in [1.807, 2.05) is 14.0 Å². The van der Waals surface area contributed by atoms with Gasteiger partial charge in [0.2, 0.25) is 0 Å². The summed E-state index contributed by atoms with van der Waals surface area (Å²) in [6.07, 6.45) is 0. The van der Waals surface area contributed by atoms with Gasteiger partial charge in [-0.05, 0) is 51.3 Å². The van der Waals surface area contributed by atoms with E-state index in [2.05, 4.69) is 32.7 Å². The number of hydrogen-bond acceptors (Lipinski definition) is 2. The third kappa shape index (κ3) is 1.76. The molecule has 0 radical (unpaired) electrons. The molecule has 82 valence electrons. The maximum absolute atomic E-state index is 6.06. The van der Waals surface area contributed by atoms with E-state index < -0.39 is 0 Å². The maximum Gasteiger partial charge on any atom is 0.0695 e. The second kappa shape index (κ2) is 4.05. The van der Waals surface area contributed by atoms with Crippen LogP contribution in [-0.2, 0) is 0 Å². The Hall–Kier alpha value is -1.31. The molecule has 15 heavy (non-hydrogen) atoms. The first-order valence-corrected chi connectivity index (χ1v) is 5.21. The Bertz CT molecular complexity index is 410. The molecule has 0 fully saturated rings. The molecule has 2 nitrogen and oxygen atoms in total. The van der Waals surface area contributed by atoms with Crippen LogP contribution in [0.1, 0.15) is 34.6 Å². The maximum atomic E-state index is 6.06. The van der Waals surface area contributed by atoms with E-state index in [4.69, 9.17) is 5.73 Å². The molecule has 0 spiro atoms. The van der Waals surface area contributed by atoms with Crippen molar-refractivity contribution in [2.45, 2.75) is 34.6 Å². The molecular weight excluding hydrogens is 184 g/mol. The molecule has 0 unspecified atom stereocenters. The molecule has 2 heteroatoms. The van der Waals surface area contributed by atoms with Crippen molar-refractivity contribution in [2.75, 3.05) is 7.05 Å². The highest BCUT2D eigenvalue weighted by Gasteiger charge is 2.22. The van der Waals surface area contributed by atoms with Gasteiger partial charge in [0.15, 0.2) is 0 Å². The normalized spacial score (nSPS) is 20.4. The van der Waals surface area contributed by atoms with Crippen molar-refractivity contribution in [3.63, 3.8) is 0 Å². The SMILES string of the molecule is CN=C1C(C)=C(N)C(C)=C(C)C1=C(C)C. The molecule has 2 N–H and O–H groups in total. The Balaban J connectivity index is 3.58. The monoisotopic (exact) mass is 204 g/mol. The van der Waals surface area contributed by atoms with Gasteiger partial charge in [-0.25, -0.2) is 0 Å². The van der Waals surface area contributed by atoms with Crippen molar-refractivity contribution in [1.29, 1.82) is 0 Å². The van der Waals surface area contributed by atoms with E-state index in [1.54, 1.807) is 0 Å². The van der Waals surface area contributed by atoms with Gasteiger partial charge in [0.1, 0.15) is 0 Å². The fourth-order valence-corrected chi connectivity index (χ4v) is 2.05. The van der Waals surface area contributed by atoms with Crippen molar-refractivity contribution in [3.8, 4) is 0 Å². The van der Waals surface area contributed by atoms with Crippen LogP contribution >= 0.6 is 0 Å². The third-order valence-corrected chi connectivity index (χ3v) is 3.06. The topological polar surface area (TPSA) is 38.4 Å². The number of hydrogen-bond donors (Lipinski definition) is 1. The molecule has 0 aliphatic heterocycles. The van der Waals surface area contributed by atoms with E-state index in [0.717, 1.165) is 17.0 Å². The molecular formula is C13H20N2. The summed E-state index contributed by atoms with van der Waals surface area (Å²) in [5, 5.41) is 0. The minimum atomic E-state index is 0.873. The van der Waals surface area contributed by atoms with Gasteiger partial charge in [-0.15, -0.1) is 0 Å². The summed E-state index contributed by atoms with van der Waals surface area (Å²) in [7, 11) is 1.82. The van der Waals surface area contributed by atoms with Gasteiger partial charge >= 0.3 is 0 Å². The van der Waals surface area contributed by atoms with E-state index in [0.29, 0.717) is 0 Å². The van der Waals surface area contributed by atoms with Crippen LogP contribution in [0.4, 0.5) is 0 Å². The van der Waals surface area contributed by atoms with Gasteiger partial charge in [-0.3, -0.25) is 4.99 Å². The average molecular weight is 204 g/mol. The number of nitrogens with two attached hydrogens (primary N) is 1. The van der Waals surface area contributed by atoms with Gasteiger partial charge in [0.05, 0.1) is 5.71 Å². The summed E-state index contributed by atoms with van der Waals surface area (Å²) in [5.74, 6) is 0. The number of aliphatic imine (C=N–C) groups is 1. The quantitative estimate of drug-likeness (QED) is 0.647. The highest BCUT2D eigenvalue weighted by molar-refractivity contribution is 6.17. The van der Waals surface area contributed by atoms with Crippen LogP contribution < -0.4 is 5.73 Å². The van der Waals surface area contributed by atoms with E-state index in [9.17, 15) is 0 Å². The van der Waals surface area contributed by atoms with Crippen molar-refractivity contribution in [2.24, 2.45) is 10.7 Å². The summed E-state index contributed by atoms with van der Waals surface area (Å²) < 4.78 is 0.